The third-order valence-corrected chi connectivity index (χ3v) is 7.49. The van der Waals surface area contributed by atoms with Crippen LogP contribution >= 0.6 is 0 Å². The number of benzene rings is 1. The number of amides is 3. The van der Waals surface area contributed by atoms with Gasteiger partial charge < -0.3 is 29.8 Å². The number of carbonyl (C=O) groups is 3. The van der Waals surface area contributed by atoms with Gasteiger partial charge in [-0.1, -0.05) is 0 Å². The zero-order valence-electron chi connectivity index (χ0n) is 27.2. The Kier molecular flexibility index (Phi) is 10.1. The van der Waals surface area contributed by atoms with Gasteiger partial charge in [0.15, 0.2) is 6.20 Å². The molecule has 3 aromatic rings. The molecule has 1 atom stereocenters. The average molecular weight is 637 g/mol. The Morgan fingerprint density at radius 3 is 2.39 bits per heavy atom. The molecule has 1 saturated heterocycles. The molecule has 1 unspecified atom stereocenters. The number of hydrogen-bond donors (Lipinski definition) is 1. The monoisotopic (exact) mass is 636 g/mol. The van der Waals surface area contributed by atoms with Crippen LogP contribution in [0.5, 0.6) is 11.5 Å². The number of piperazine rings is 1. The molecular formula is C33H41FN6O6. The van der Waals surface area contributed by atoms with Gasteiger partial charge in [-0.25, -0.2) is 14.2 Å². The van der Waals surface area contributed by atoms with Gasteiger partial charge in [0.25, 0.3) is 5.91 Å². The lowest BCUT2D eigenvalue weighted by Gasteiger charge is -2.48. The zero-order valence-corrected chi connectivity index (χ0v) is 27.2. The van der Waals surface area contributed by atoms with Crippen LogP contribution in [0.3, 0.4) is 0 Å². The lowest BCUT2D eigenvalue weighted by molar-refractivity contribution is -0.615. The van der Waals surface area contributed by atoms with E-state index in [9.17, 15) is 24.0 Å². The molecule has 0 aliphatic carbocycles. The van der Waals surface area contributed by atoms with Gasteiger partial charge in [0.2, 0.25) is 11.6 Å². The van der Waals surface area contributed by atoms with E-state index in [1.807, 2.05) is 18.7 Å². The van der Waals surface area contributed by atoms with Crippen LogP contribution in [0, 0.1) is 11.0 Å². The lowest BCUT2D eigenvalue weighted by Crippen LogP contribution is -2.63. The lowest BCUT2D eigenvalue weighted by atomic mass is 9.96. The fourth-order valence-corrected chi connectivity index (χ4v) is 5.04. The quantitative estimate of drug-likeness (QED) is 0.281. The van der Waals surface area contributed by atoms with Crippen LogP contribution in [0.15, 0.2) is 60.9 Å². The van der Waals surface area contributed by atoms with Crippen LogP contribution < -0.4 is 14.8 Å². The summed E-state index contributed by atoms with van der Waals surface area (Å²) < 4.78 is 24.8. The van der Waals surface area contributed by atoms with E-state index in [-0.39, 0.29) is 29.9 Å². The van der Waals surface area contributed by atoms with E-state index in [2.05, 4.69) is 10.3 Å². The molecular weight excluding hydrogens is 595 g/mol. The second-order valence-electron chi connectivity index (χ2n) is 12.9. The molecule has 1 aliphatic heterocycles. The van der Waals surface area contributed by atoms with Crippen LogP contribution in [-0.2, 0) is 16.1 Å². The predicted octanol–water partition coefficient (Wildman–Crippen LogP) is 4.58. The molecule has 0 bridgehead atoms. The summed E-state index contributed by atoms with van der Waals surface area (Å²) in [5.74, 6) is 0.378. The number of carbonyl (C=O) groups excluding carboxylic acids is 3. The Hall–Kier alpha value is -4.78. The predicted molar refractivity (Wildman–Crippen MR) is 169 cm³/mol. The molecule has 1 fully saturated rings. The van der Waals surface area contributed by atoms with Gasteiger partial charge in [-0.05, 0) is 77.9 Å². The van der Waals surface area contributed by atoms with E-state index in [1.54, 1.807) is 44.7 Å². The SMILES string of the molecule is CC(C(=O)Nc1ccc(Oc2ccc(F)cc2)cn1)N1CCN(C(=O)c2cc[n+]([O-])c(CN(C)C(=O)OC(C)(C)C)c2)C(C)(C)C1. The highest BCUT2D eigenvalue weighted by atomic mass is 19.1. The summed E-state index contributed by atoms with van der Waals surface area (Å²) in [6.07, 6.45) is 2.15. The maximum atomic E-state index is 13.7. The van der Waals surface area contributed by atoms with Crippen LogP contribution in [0.25, 0.3) is 0 Å². The third-order valence-electron chi connectivity index (χ3n) is 7.49. The molecule has 2 aromatic heterocycles. The maximum Gasteiger partial charge on any atom is 0.410 e. The zero-order chi connectivity index (χ0) is 33.8. The van der Waals surface area contributed by atoms with Crippen LogP contribution in [0.4, 0.5) is 15.0 Å². The Balaban J connectivity index is 1.35. The second-order valence-corrected chi connectivity index (χ2v) is 12.9. The first-order valence-electron chi connectivity index (χ1n) is 14.9. The van der Waals surface area contributed by atoms with Crippen LogP contribution in [0.1, 0.15) is 57.6 Å². The summed E-state index contributed by atoms with van der Waals surface area (Å²) in [4.78, 5) is 48.5. The summed E-state index contributed by atoms with van der Waals surface area (Å²) in [7, 11) is 1.53. The van der Waals surface area contributed by atoms with Crippen molar-refractivity contribution in [3.63, 3.8) is 0 Å². The minimum atomic E-state index is -0.687. The fraction of sp³-hybridized carbons (Fsp3) is 0.424. The largest absolute Gasteiger partial charge is 0.618 e. The number of hydrogen-bond acceptors (Lipinski definition) is 8. The summed E-state index contributed by atoms with van der Waals surface area (Å²) in [6.45, 7) is 12.1. The van der Waals surface area contributed by atoms with Gasteiger partial charge in [-0.15, -0.1) is 0 Å². The number of pyridine rings is 2. The Morgan fingerprint density at radius 1 is 1.11 bits per heavy atom. The van der Waals surface area contributed by atoms with Crippen molar-refractivity contribution in [2.75, 3.05) is 32.0 Å². The minimum absolute atomic E-state index is 0.0395. The van der Waals surface area contributed by atoms with E-state index in [0.29, 0.717) is 47.2 Å². The van der Waals surface area contributed by atoms with Crippen LogP contribution in [0.2, 0.25) is 0 Å². The highest BCUT2D eigenvalue weighted by Gasteiger charge is 2.40. The normalized spacial score (nSPS) is 15.5. The number of ether oxygens (including phenoxy) is 2. The second kappa shape index (κ2) is 13.7. The number of halogens is 1. The molecule has 3 amide bonds. The smallest absolute Gasteiger partial charge is 0.410 e. The summed E-state index contributed by atoms with van der Waals surface area (Å²) in [6, 6.07) is 11.3. The van der Waals surface area contributed by atoms with Crippen molar-refractivity contribution in [2.45, 2.75) is 65.3 Å². The number of anilines is 1. The van der Waals surface area contributed by atoms with Crippen molar-refractivity contribution in [3.8, 4) is 11.5 Å². The summed E-state index contributed by atoms with van der Waals surface area (Å²) in [5.41, 5.74) is -0.777. The van der Waals surface area contributed by atoms with Crippen molar-refractivity contribution in [1.29, 1.82) is 0 Å². The first-order chi connectivity index (χ1) is 21.5. The van der Waals surface area contributed by atoms with Crippen molar-refractivity contribution in [2.24, 2.45) is 0 Å². The highest BCUT2D eigenvalue weighted by molar-refractivity contribution is 5.95. The van der Waals surface area contributed by atoms with Crippen molar-refractivity contribution < 1.29 is 33.0 Å². The Bertz CT molecular complexity index is 1560. The van der Waals surface area contributed by atoms with Crippen molar-refractivity contribution in [3.05, 3.63) is 83.2 Å². The van der Waals surface area contributed by atoms with Gasteiger partial charge >= 0.3 is 6.09 Å². The molecule has 13 heteroatoms. The van der Waals surface area contributed by atoms with Crippen molar-refractivity contribution >= 4 is 23.7 Å². The number of nitrogens with zero attached hydrogens (tertiary/aromatic N) is 5. The van der Waals surface area contributed by atoms with Gasteiger partial charge in [-0.2, -0.15) is 4.73 Å². The van der Waals surface area contributed by atoms with E-state index in [4.69, 9.17) is 9.47 Å². The summed E-state index contributed by atoms with van der Waals surface area (Å²) >= 11 is 0. The highest BCUT2D eigenvalue weighted by Crippen LogP contribution is 2.26. The van der Waals surface area contributed by atoms with Crippen LogP contribution in [-0.4, -0.2) is 81.5 Å². The molecule has 246 valence electrons. The third kappa shape index (κ3) is 8.68. The van der Waals surface area contributed by atoms with Gasteiger partial charge in [0, 0.05) is 38.8 Å². The molecule has 0 spiro atoms. The molecule has 4 rings (SSSR count). The maximum absolute atomic E-state index is 13.7. The van der Waals surface area contributed by atoms with E-state index < -0.39 is 23.3 Å². The molecule has 46 heavy (non-hydrogen) atoms. The Labute approximate surface area is 268 Å². The fourth-order valence-electron chi connectivity index (χ4n) is 5.04. The first kappa shape index (κ1) is 34.1. The van der Waals surface area contributed by atoms with E-state index in [0.717, 1.165) is 0 Å². The van der Waals surface area contributed by atoms with Crippen molar-refractivity contribution in [1.82, 2.24) is 19.7 Å². The molecule has 1 N–H and O–H groups in total. The Morgan fingerprint density at radius 2 is 1.78 bits per heavy atom. The molecule has 3 heterocycles. The molecule has 12 nitrogen and oxygen atoms in total. The minimum Gasteiger partial charge on any atom is -0.618 e. The molecule has 1 aliphatic rings. The number of rotatable bonds is 8. The van der Waals surface area contributed by atoms with E-state index in [1.165, 1.54) is 60.7 Å². The first-order valence-corrected chi connectivity index (χ1v) is 14.9. The van der Waals surface area contributed by atoms with E-state index >= 15 is 0 Å². The molecule has 0 saturated carbocycles. The van der Waals surface area contributed by atoms with Gasteiger partial charge in [-0.3, -0.25) is 14.5 Å². The summed E-state index contributed by atoms with van der Waals surface area (Å²) in [5, 5.41) is 15.3. The van der Waals surface area contributed by atoms with Gasteiger partial charge in [0.1, 0.15) is 35.3 Å². The van der Waals surface area contributed by atoms with Gasteiger partial charge in [0.05, 0.1) is 23.3 Å². The topological polar surface area (TPSA) is 131 Å². The average Bonchev–Trinajstić information content (AvgIpc) is 2.98. The number of aromatic nitrogens is 2. The number of nitrogens with one attached hydrogen (secondary N) is 1. The standard InChI is InChI=1S/C33H41FN6O6/c1-22(29(41)36-28-13-12-27(19-35-28)45-26-10-8-24(34)9-11-26)38-16-17-39(33(5,6)21-38)30(42)23-14-15-40(44)25(18-23)20-37(7)31(43)46-32(2,3)4/h8-15,18-19,22H,16-17,20-21H2,1-7H3,(H,35,36,41). The molecule has 1 aromatic carbocycles. The molecule has 0 radical (unpaired) electrons.